The fraction of sp³-hybridized carbons (Fsp3) is 0.400. The first-order chi connectivity index (χ1) is 7.38. The summed E-state index contributed by atoms with van der Waals surface area (Å²) in [6, 6.07) is 0.669. The Labute approximate surface area is 92.0 Å². The van der Waals surface area contributed by atoms with E-state index in [0.29, 0.717) is 6.04 Å². The molecule has 3 rings (SSSR count). The van der Waals surface area contributed by atoms with Gasteiger partial charge in [0.25, 0.3) is 0 Å². The number of aromatic nitrogens is 3. The van der Waals surface area contributed by atoms with Gasteiger partial charge < -0.3 is 9.88 Å². The van der Waals surface area contributed by atoms with Gasteiger partial charge in [-0.15, -0.1) is 0 Å². The highest BCUT2D eigenvalue weighted by atomic mass is 32.1. The molecule has 1 saturated carbocycles. The molecule has 0 atom stereocenters. The van der Waals surface area contributed by atoms with Gasteiger partial charge in [0.05, 0.1) is 23.1 Å². The van der Waals surface area contributed by atoms with Gasteiger partial charge in [0.2, 0.25) is 0 Å². The molecule has 4 nitrogen and oxygen atoms in total. The van der Waals surface area contributed by atoms with E-state index in [1.54, 1.807) is 11.3 Å². The van der Waals surface area contributed by atoms with Crippen molar-refractivity contribution in [3.63, 3.8) is 0 Å². The molecular weight excluding hydrogens is 208 g/mol. The van der Waals surface area contributed by atoms with Crippen molar-refractivity contribution in [3.05, 3.63) is 18.7 Å². The summed E-state index contributed by atoms with van der Waals surface area (Å²) in [4.78, 5) is 9.68. The zero-order valence-electron chi connectivity index (χ0n) is 8.47. The smallest absolute Gasteiger partial charge is 0.182 e. The van der Waals surface area contributed by atoms with E-state index < -0.39 is 0 Å². The third-order valence-corrected chi connectivity index (χ3v) is 3.62. The minimum absolute atomic E-state index is 0.669. The maximum atomic E-state index is 4.28. The van der Waals surface area contributed by atoms with E-state index in [1.165, 1.54) is 23.4 Å². The van der Waals surface area contributed by atoms with Crippen LogP contribution in [0.1, 0.15) is 18.9 Å². The highest BCUT2D eigenvalue weighted by molar-refractivity contribution is 7.18. The van der Waals surface area contributed by atoms with E-state index in [9.17, 15) is 0 Å². The van der Waals surface area contributed by atoms with Gasteiger partial charge in [0.1, 0.15) is 0 Å². The van der Waals surface area contributed by atoms with Gasteiger partial charge in [-0.05, 0) is 12.8 Å². The van der Waals surface area contributed by atoms with E-state index in [0.717, 1.165) is 5.13 Å². The summed E-state index contributed by atoms with van der Waals surface area (Å²) in [5, 5.41) is 4.00. The lowest BCUT2D eigenvalue weighted by atomic mass is 10.4. The Morgan fingerprint density at radius 3 is 3.00 bits per heavy atom. The Morgan fingerprint density at radius 1 is 1.47 bits per heavy atom. The molecule has 0 aliphatic heterocycles. The number of thiazole rings is 1. The number of nitrogens with one attached hydrogen (secondary N) is 1. The fourth-order valence-corrected chi connectivity index (χ4v) is 2.43. The Bertz CT molecular complexity index is 469. The first kappa shape index (κ1) is 8.91. The second kappa shape index (κ2) is 3.34. The molecule has 0 aromatic carbocycles. The molecule has 2 aromatic rings. The Kier molecular flexibility index (Phi) is 1.98. The van der Waals surface area contributed by atoms with Crippen LogP contribution in [0.2, 0.25) is 0 Å². The van der Waals surface area contributed by atoms with Gasteiger partial charge in [-0.1, -0.05) is 11.3 Å². The fourth-order valence-electron chi connectivity index (χ4n) is 1.65. The number of rotatable bonds is 3. The van der Waals surface area contributed by atoms with Gasteiger partial charge in [-0.2, -0.15) is 0 Å². The molecule has 0 saturated heterocycles. The molecule has 1 aliphatic carbocycles. The van der Waals surface area contributed by atoms with E-state index in [2.05, 4.69) is 19.9 Å². The van der Waals surface area contributed by atoms with Crippen molar-refractivity contribution in [2.45, 2.75) is 18.9 Å². The molecule has 78 valence electrons. The predicted octanol–water partition coefficient (Wildman–Crippen LogP) is 2.38. The van der Waals surface area contributed by atoms with Crippen LogP contribution in [0.3, 0.4) is 0 Å². The number of anilines is 1. The second-order valence-electron chi connectivity index (χ2n) is 3.70. The highest BCUT2D eigenvalue weighted by Crippen LogP contribution is 2.39. The van der Waals surface area contributed by atoms with Crippen molar-refractivity contribution in [1.82, 2.24) is 14.5 Å². The van der Waals surface area contributed by atoms with Crippen molar-refractivity contribution in [3.8, 4) is 10.6 Å². The molecule has 5 heteroatoms. The normalized spacial score (nSPS) is 15.5. The van der Waals surface area contributed by atoms with Crippen LogP contribution in [0, 0.1) is 0 Å². The summed E-state index contributed by atoms with van der Waals surface area (Å²) in [5.41, 5.74) is 1.19. The standard InChI is InChI=1S/C10H12N4S/c1-11-10-13-5-9(15-10)8-4-12-6-14(8)7-2-3-7/h4-7H,2-3H2,1H3,(H,11,13). The first-order valence-corrected chi connectivity index (χ1v) is 5.86. The van der Waals surface area contributed by atoms with Crippen LogP contribution in [0.5, 0.6) is 0 Å². The summed E-state index contributed by atoms with van der Waals surface area (Å²) in [5.74, 6) is 0. The SMILES string of the molecule is CNc1ncc(-c2cncn2C2CC2)s1. The zero-order valence-corrected chi connectivity index (χ0v) is 9.29. The number of hydrogen-bond acceptors (Lipinski definition) is 4. The van der Waals surface area contributed by atoms with Crippen LogP contribution in [0.15, 0.2) is 18.7 Å². The largest absolute Gasteiger partial charge is 0.365 e. The molecule has 0 amide bonds. The minimum atomic E-state index is 0.669. The molecule has 0 unspecified atom stereocenters. The summed E-state index contributed by atoms with van der Waals surface area (Å²) in [6.45, 7) is 0. The second-order valence-corrected chi connectivity index (χ2v) is 4.73. The third-order valence-electron chi connectivity index (χ3n) is 2.58. The Balaban J connectivity index is 2.00. The minimum Gasteiger partial charge on any atom is -0.365 e. The van der Waals surface area contributed by atoms with Gasteiger partial charge in [0, 0.05) is 19.3 Å². The van der Waals surface area contributed by atoms with E-state index in [1.807, 2.05) is 25.8 Å². The number of nitrogens with zero attached hydrogens (tertiary/aromatic N) is 3. The molecule has 2 aromatic heterocycles. The predicted molar refractivity (Wildman–Crippen MR) is 61.2 cm³/mol. The van der Waals surface area contributed by atoms with E-state index in [4.69, 9.17) is 0 Å². The van der Waals surface area contributed by atoms with Crippen LogP contribution in [0.25, 0.3) is 10.6 Å². The van der Waals surface area contributed by atoms with Crippen molar-refractivity contribution in [2.75, 3.05) is 12.4 Å². The lowest BCUT2D eigenvalue weighted by molar-refractivity contribution is 0.749. The van der Waals surface area contributed by atoms with E-state index in [-0.39, 0.29) is 0 Å². The van der Waals surface area contributed by atoms with Crippen LogP contribution in [-0.2, 0) is 0 Å². The summed E-state index contributed by atoms with van der Waals surface area (Å²) >= 11 is 1.67. The van der Waals surface area contributed by atoms with Crippen LogP contribution >= 0.6 is 11.3 Å². The topological polar surface area (TPSA) is 42.7 Å². The Hall–Kier alpha value is -1.36. The number of hydrogen-bond donors (Lipinski definition) is 1. The third kappa shape index (κ3) is 1.52. The average Bonchev–Trinajstić information content (AvgIpc) is 2.83. The molecule has 15 heavy (non-hydrogen) atoms. The molecule has 0 bridgehead atoms. The molecular formula is C10H12N4S. The highest BCUT2D eigenvalue weighted by Gasteiger charge is 2.26. The molecule has 1 fully saturated rings. The molecule has 0 spiro atoms. The van der Waals surface area contributed by atoms with Crippen molar-refractivity contribution in [1.29, 1.82) is 0 Å². The monoisotopic (exact) mass is 220 g/mol. The lowest BCUT2D eigenvalue weighted by Gasteiger charge is -2.02. The van der Waals surface area contributed by atoms with Crippen LogP contribution < -0.4 is 5.32 Å². The van der Waals surface area contributed by atoms with Gasteiger partial charge >= 0.3 is 0 Å². The molecule has 1 N–H and O–H groups in total. The Morgan fingerprint density at radius 2 is 2.33 bits per heavy atom. The van der Waals surface area contributed by atoms with Crippen molar-refractivity contribution < 1.29 is 0 Å². The van der Waals surface area contributed by atoms with Crippen molar-refractivity contribution >= 4 is 16.5 Å². The zero-order chi connectivity index (χ0) is 10.3. The average molecular weight is 220 g/mol. The van der Waals surface area contributed by atoms with Crippen LogP contribution in [0.4, 0.5) is 5.13 Å². The van der Waals surface area contributed by atoms with Gasteiger partial charge in [0.15, 0.2) is 5.13 Å². The summed E-state index contributed by atoms with van der Waals surface area (Å²) in [7, 11) is 1.89. The van der Waals surface area contributed by atoms with Crippen LogP contribution in [-0.4, -0.2) is 21.6 Å². The molecule has 1 aliphatic rings. The first-order valence-electron chi connectivity index (χ1n) is 5.04. The molecule has 0 radical (unpaired) electrons. The van der Waals surface area contributed by atoms with Gasteiger partial charge in [-0.25, -0.2) is 9.97 Å². The quantitative estimate of drug-likeness (QED) is 0.863. The maximum absolute atomic E-state index is 4.28. The van der Waals surface area contributed by atoms with Gasteiger partial charge in [-0.3, -0.25) is 0 Å². The lowest BCUT2D eigenvalue weighted by Crippen LogP contribution is -1.92. The summed E-state index contributed by atoms with van der Waals surface area (Å²) in [6.07, 6.45) is 8.31. The van der Waals surface area contributed by atoms with Crippen molar-refractivity contribution in [2.24, 2.45) is 0 Å². The maximum Gasteiger partial charge on any atom is 0.182 e. The molecule has 2 heterocycles. The summed E-state index contributed by atoms with van der Waals surface area (Å²) < 4.78 is 2.26. The van der Waals surface area contributed by atoms with E-state index >= 15 is 0 Å². The number of imidazole rings is 1.